The van der Waals surface area contributed by atoms with Gasteiger partial charge in [0.25, 0.3) is 5.91 Å². The maximum Gasteiger partial charge on any atom is 0.352 e. The number of urea groups is 1. The predicted octanol–water partition coefficient (Wildman–Crippen LogP) is 2.13. The molecule has 0 aromatic rings. The van der Waals surface area contributed by atoms with E-state index in [1.165, 1.54) is 0 Å². The Morgan fingerprint density at radius 3 is 2.08 bits per heavy atom. The molecule has 0 aliphatic carbocycles. The van der Waals surface area contributed by atoms with E-state index in [0.29, 0.717) is 0 Å². The van der Waals surface area contributed by atoms with Crippen molar-refractivity contribution >= 4 is 39.9 Å². The van der Waals surface area contributed by atoms with Crippen molar-refractivity contribution in [1.82, 2.24) is 8.34 Å². The van der Waals surface area contributed by atoms with Crippen LogP contribution in [0.25, 0.3) is 0 Å². The molecule has 1 aliphatic rings. The van der Waals surface area contributed by atoms with Crippen molar-refractivity contribution in [2.45, 2.75) is 26.3 Å². The van der Waals surface area contributed by atoms with Crippen LogP contribution in [0.1, 0.15) is 20.8 Å². The summed E-state index contributed by atoms with van der Waals surface area (Å²) in [6, 6.07) is -0.539. The minimum absolute atomic E-state index is 0.0380. The topological polar surface area (TPSA) is 40.6 Å². The largest absolute Gasteiger partial charge is 0.352 e. The van der Waals surface area contributed by atoms with Gasteiger partial charge in [-0.05, 0) is 12.8 Å². The van der Waals surface area contributed by atoms with Gasteiger partial charge in [0.15, 0.2) is 0 Å². The van der Waals surface area contributed by atoms with Crippen molar-refractivity contribution in [1.29, 1.82) is 0 Å². The van der Waals surface area contributed by atoms with Gasteiger partial charge in [0.05, 0.1) is 16.1 Å². The van der Waals surface area contributed by atoms with E-state index >= 15 is 0 Å². The second kappa shape index (κ2) is 3.13. The molecule has 0 radical (unpaired) electrons. The zero-order valence-corrected chi connectivity index (χ0v) is 9.89. The van der Waals surface area contributed by atoms with Crippen LogP contribution in [0.5, 0.6) is 0 Å². The minimum Gasteiger partial charge on any atom is -0.271 e. The van der Waals surface area contributed by atoms with Gasteiger partial charge in [-0.3, -0.25) is 4.79 Å². The zero-order valence-electron chi connectivity index (χ0n) is 7.54. The molecule has 1 aliphatic heterocycles. The number of imide groups is 1. The molecule has 1 heterocycles. The summed E-state index contributed by atoms with van der Waals surface area (Å²) in [5.41, 5.74) is -0.956. The monoisotopic (exact) mass is 268 g/mol. The van der Waals surface area contributed by atoms with E-state index in [-0.39, 0.29) is 11.8 Å². The number of hydrogen-bond donors (Lipinski definition) is 0. The molecule has 3 amide bonds. The molecule has 0 aromatic carbocycles. The standard InChI is InChI=1S/C7H10BrClN2O2/c1-4(2)7(3)5(12)10(8)6(13)11(7)9/h4H,1-3H3/t7-/m0/s1. The van der Waals surface area contributed by atoms with Crippen LogP contribution in [0.3, 0.4) is 0 Å². The van der Waals surface area contributed by atoms with Gasteiger partial charge in [-0.1, -0.05) is 13.8 Å². The summed E-state index contributed by atoms with van der Waals surface area (Å²) < 4.78 is 1.80. The van der Waals surface area contributed by atoms with E-state index < -0.39 is 11.6 Å². The van der Waals surface area contributed by atoms with Crippen molar-refractivity contribution < 1.29 is 9.59 Å². The first-order chi connectivity index (χ1) is 5.83. The van der Waals surface area contributed by atoms with E-state index in [1.54, 1.807) is 6.92 Å². The summed E-state index contributed by atoms with van der Waals surface area (Å²) >= 11 is 8.61. The molecule has 1 saturated heterocycles. The maximum atomic E-state index is 11.6. The van der Waals surface area contributed by atoms with E-state index in [4.69, 9.17) is 11.8 Å². The van der Waals surface area contributed by atoms with Gasteiger partial charge < -0.3 is 0 Å². The molecule has 0 saturated carbocycles. The third kappa shape index (κ3) is 1.25. The number of nitrogens with zero attached hydrogens (tertiary/aromatic N) is 2. The first-order valence-electron chi connectivity index (χ1n) is 3.83. The highest BCUT2D eigenvalue weighted by atomic mass is 79.9. The lowest BCUT2D eigenvalue weighted by atomic mass is 9.89. The van der Waals surface area contributed by atoms with Crippen LogP contribution in [0.2, 0.25) is 0 Å². The van der Waals surface area contributed by atoms with E-state index in [1.807, 2.05) is 13.8 Å². The van der Waals surface area contributed by atoms with Gasteiger partial charge in [-0.15, -0.1) is 0 Å². The number of carbonyl (C=O) groups excluding carboxylic acids is 2. The number of carbonyl (C=O) groups is 2. The number of hydrogen-bond acceptors (Lipinski definition) is 2. The molecule has 0 spiro atoms. The molecule has 4 nitrogen and oxygen atoms in total. The van der Waals surface area contributed by atoms with Gasteiger partial charge in [0.2, 0.25) is 0 Å². The summed E-state index contributed by atoms with van der Waals surface area (Å²) in [5, 5.41) is 0. The highest BCUT2D eigenvalue weighted by molar-refractivity contribution is 9.08. The molecule has 1 atom stereocenters. The van der Waals surface area contributed by atoms with Crippen LogP contribution in [-0.2, 0) is 4.79 Å². The Hall–Kier alpha value is -0.290. The van der Waals surface area contributed by atoms with E-state index in [2.05, 4.69) is 16.1 Å². The summed E-state index contributed by atoms with van der Waals surface area (Å²) in [6.45, 7) is 5.32. The summed E-state index contributed by atoms with van der Waals surface area (Å²) in [4.78, 5) is 22.9. The molecule has 0 N–H and O–H groups in total. The number of amides is 3. The number of halogens is 2. The van der Waals surface area contributed by atoms with Crippen molar-refractivity contribution in [2.24, 2.45) is 5.92 Å². The summed E-state index contributed by atoms with van der Waals surface area (Å²) in [5.74, 6) is -0.369. The fourth-order valence-electron chi connectivity index (χ4n) is 1.12. The molecule has 0 aromatic heterocycles. The quantitative estimate of drug-likeness (QED) is 0.540. The fraction of sp³-hybridized carbons (Fsp3) is 0.714. The highest BCUT2D eigenvalue weighted by Gasteiger charge is 2.55. The lowest BCUT2D eigenvalue weighted by Crippen LogP contribution is -2.46. The van der Waals surface area contributed by atoms with Crippen molar-refractivity contribution in [3.05, 3.63) is 0 Å². The summed E-state index contributed by atoms with van der Waals surface area (Å²) in [6.07, 6.45) is 0. The maximum absolute atomic E-state index is 11.6. The van der Waals surface area contributed by atoms with Crippen LogP contribution >= 0.6 is 27.9 Å². The van der Waals surface area contributed by atoms with Gasteiger partial charge in [0.1, 0.15) is 5.54 Å². The van der Waals surface area contributed by atoms with Gasteiger partial charge in [-0.25, -0.2) is 9.21 Å². The third-order valence-corrected chi connectivity index (χ3v) is 3.60. The summed E-state index contributed by atoms with van der Waals surface area (Å²) in [7, 11) is 0. The Labute approximate surface area is 90.3 Å². The lowest BCUT2D eigenvalue weighted by molar-refractivity contribution is -0.129. The first kappa shape index (κ1) is 10.8. The second-order valence-corrected chi connectivity index (χ2v) is 4.50. The molecule has 13 heavy (non-hydrogen) atoms. The SMILES string of the molecule is CC(C)[C@@]1(C)C(=O)N(Br)C(=O)N1Cl. The van der Waals surface area contributed by atoms with Crippen LogP contribution in [0, 0.1) is 5.92 Å². The van der Waals surface area contributed by atoms with Crippen LogP contribution in [-0.4, -0.2) is 25.8 Å². The Balaban J connectivity index is 3.13. The van der Waals surface area contributed by atoms with Gasteiger partial charge >= 0.3 is 6.03 Å². The molecule has 6 heteroatoms. The van der Waals surface area contributed by atoms with Gasteiger partial charge in [0, 0.05) is 11.8 Å². The van der Waals surface area contributed by atoms with Crippen molar-refractivity contribution in [3.8, 4) is 0 Å². The molecular formula is C7H10BrClN2O2. The lowest BCUT2D eigenvalue weighted by Gasteiger charge is -2.29. The molecule has 1 fully saturated rings. The molecule has 1 rings (SSSR count). The molecule has 0 unspecified atom stereocenters. The Bertz CT molecular complexity index is 271. The van der Waals surface area contributed by atoms with Crippen molar-refractivity contribution in [2.75, 3.05) is 0 Å². The number of rotatable bonds is 1. The molecule has 74 valence electrons. The third-order valence-electron chi connectivity index (χ3n) is 2.48. The smallest absolute Gasteiger partial charge is 0.271 e. The Morgan fingerprint density at radius 2 is 1.92 bits per heavy atom. The van der Waals surface area contributed by atoms with Crippen molar-refractivity contribution in [3.63, 3.8) is 0 Å². The molecular weight excluding hydrogens is 259 g/mol. The van der Waals surface area contributed by atoms with Crippen LogP contribution in [0.4, 0.5) is 4.79 Å². The van der Waals surface area contributed by atoms with E-state index in [0.717, 1.165) is 8.34 Å². The Kier molecular flexibility index (Phi) is 2.60. The van der Waals surface area contributed by atoms with Crippen LogP contribution < -0.4 is 0 Å². The molecule has 0 bridgehead atoms. The highest BCUT2D eigenvalue weighted by Crippen LogP contribution is 2.37. The normalized spacial score (nSPS) is 29.4. The average Bonchev–Trinajstić information content (AvgIpc) is 2.22. The van der Waals surface area contributed by atoms with E-state index in [9.17, 15) is 9.59 Å². The fourth-order valence-corrected chi connectivity index (χ4v) is 2.07. The zero-order chi connectivity index (χ0) is 10.4. The van der Waals surface area contributed by atoms with Gasteiger partial charge in [-0.2, -0.15) is 3.93 Å². The second-order valence-electron chi connectivity index (χ2n) is 3.45. The minimum atomic E-state index is -0.956. The first-order valence-corrected chi connectivity index (χ1v) is 4.88. The Morgan fingerprint density at radius 1 is 1.46 bits per heavy atom. The average molecular weight is 270 g/mol. The van der Waals surface area contributed by atoms with Crippen LogP contribution in [0.15, 0.2) is 0 Å². The predicted molar refractivity (Wildman–Crippen MR) is 52.1 cm³/mol.